The van der Waals surface area contributed by atoms with E-state index in [1.807, 2.05) is 31.2 Å². The molecule has 0 spiro atoms. The summed E-state index contributed by atoms with van der Waals surface area (Å²) >= 11 is 0. The molecule has 0 bridgehead atoms. The van der Waals surface area contributed by atoms with Gasteiger partial charge in [0.25, 0.3) is 0 Å². The maximum atomic E-state index is 13.8. The molecule has 2 rings (SSSR count). The number of anilines is 1. The largest absolute Gasteiger partial charge is 0.399 e. The molecule has 2 aromatic carbocycles. The topological polar surface area (TPSA) is 63.4 Å². The first-order valence-electron chi connectivity index (χ1n) is 6.37. The van der Waals surface area contributed by atoms with Crippen LogP contribution in [0.2, 0.25) is 0 Å². The molecule has 0 atom stereocenters. The number of benzene rings is 2. The Balaban J connectivity index is 2.30. The number of nitrogen functional groups attached to an aromatic ring is 1. The molecule has 0 aliphatic heterocycles. The lowest BCUT2D eigenvalue weighted by atomic mass is 10.1. The van der Waals surface area contributed by atoms with Gasteiger partial charge in [-0.3, -0.25) is 0 Å². The van der Waals surface area contributed by atoms with Crippen molar-refractivity contribution in [2.45, 2.75) is 18.4 Å². The number of nitrogens with two attached hydrogens (primary N) is 1. The van der Waals surface area contributed by atoms with E-state index >= 15 is 0 Å². The smallest absolute Gasteiger partial charge is 0.246 e. The first-order chi connectivity index (χ1) is 9.80. The number of nitrogens with zero attached hydrogens (tertiary/aromatic N) is 1. The Morgan fingerprint density at radius 2 is 1.76 bits per heavy atom. The third-order valence-corrected chi connectivity index (χ3v) is 4.99. The predicted molar refractivity (Wildman–Crippen MR) is 80.6 cm³/mol. The van der Waals surface area contributed by atoms with Crippen LogP contribution in [0.25, 0.3) is 0 Å². The van der Waals surface area contributed by atoms with Crippen LogP contribution < -0.4 is 5.73 Å². The summed E-state index contributed by atoms with van der Waals surface area (Å²) in [5, 5.41) is 0. The van der Waals surface area contributed by atoms with E-state index < -0.39 is 20.7 Å². The summed E-state index contributed by atoms with van der Waals surface area (Å²) in [6.45, 7) is 2.11. The van der Waals surface area contributed by atoms with Gasteiger partial charge in [0, 0.05) is 19.3 Å². The number of aryl methyl sites for hydroxylation is 1. The van der Waals surface area contributed by atoms with E-state index in [0.717, 1.165) is 27.6 Å². The zero-order valence-electron chi connectivity index (χ0n) is 11.9. The molecular formula is C15H17FN2O2S. The highest BCUT2D eigenvalue weighted by molar-refractivity contribution is 7.89. The molecule has 21 heavy (non-hydrogen) atoms. The standard InChI is InChI=1S/C15H17FN2O2S/c1-11-3-5-12(6-4-11)10-18(2)21(19,20)15-9-13(17)7-8-14(15)16/h3-9H,10,17H2,1-2H3. The van der Waals surface area contributed by atoms with Crippen molar-refractivity contribution >= 4 is 15.7 Å². The lowest BCUT2D eigenvalue weighted by Gasteiger charge is -2.18. The van der Waals surface area contributed by atoms with Gasteiger partial charge in [0.1, 0.15) is 10.7 Å². The van der Waals surface area contributed by atoms with Crippen LogP contribution in [-0.4, -0.2) is 19.8 Å². The highest BCUT2D eigenvalue weighted by Crippen LogP contribution is 2.22. The van der Waals surface area contributed by atoms with E-state index in [1.54, 1.807) is 0 Å². The van der Waals surface area contributed by atoms with Gasteiger partial charge in [0.05, 0.1) is 0 Å². The van der Waals surface area contributed by atoms with Crippen LogP contribution in [0, 0.1) is 12.7 Å². The van der Waals surface area contributed by atoms with E-state index in [1.165, 1.54) is 13.1 Å². The zero-order valence-corrected chi connectivity index (χ0v) is 12.7. The molecule has 112 valence electrons. The van der Waals surface area contributed by atoms with E-state index in [2.05, 4.69) is 0 Å². The second-order valence-electron chi connectivity index (χ2n) is 4.94. The lowest BCUT2D eigenvalue weighted by Crippen LogP contribution is -2.27. The fraction of sp³-hybridized carbons (Fsp3) is 0.200. The lowest BCUT2D eigenvalue weighted by molar-refractivity contribution is 0.460. The van der Waals surface area contributed by atoms with Crippen LogP contribution >= 0.6 is 0 Å². The Morgan fingerprint density at radius 3 is 2.38 bits per heavy atom. The van der Waals surface area contributed by atoms with Gasteiger partial charge in [-0.2, -0.15) is 4.31 Å². The average molecular weight is 308 g/mol. The van der Waals surface area contributed by atoms with Crippen molar-refractivity contribution in [1.29, 1.82) is 0 Å². The molecule has 0 heterocycles. The van der Waals surface area contributed by atoms with Crippen LogP contribution in [0.5, 0.6) is 0 Å². The molecule has 0 radical (unpaired) electrons. The Hall–Kier alpha value is -1.92. The van der Waals surface area contributed by atoms with Gasteiger partial charge in [-0.1, -0.05) is 29.8 Å². The molecule has 2 aromatic rings. The third kappa shape index (κ3) is 3.40. The maximum Gasteiger partial charge on any atom is 0.246 e. The molecule has 0 unspecified atom stereocenters. The summed E-state index contributed by atoms with van der Waals surface area (Å²) in [7, 11) is -2.51. The Bertz CT molecular complexity index is 743. The molecule has 0 saturated heterocycles. The van der Waals surface area contributed by atoms with Crippen LogP contribution in [0.3, 0.4) is 0 Å². The summed E-state index contributed by atoms with van der Waals surface area (Å²) in [5.74, 6) is -0.806. The van der Waals surface area contributed by atoms with Crippen LogP contribution in [0.15, 0.2) is 47.4 Å². The number of rotatable bonds is 4. The minimum atomic E-state index is -3.92. The summed E-state index contributed by atoms with van der Waals surface area (Å²) in [5.41, 5.74) is 7.67. The van der Waals surface area contributed by atoms with Gasteiger partial charge in [-0.15, -0.1) is 0 Å². The first-order valence-corrected chi connectivity index (χ1v) is 7.81. The number of hydrogen-bond donors (Lipinski definition) is 1. The third-order valence-electron chi connectivity index (χ3n) is 3.17. The first kappa shape index (κ1) is 15.5. The van der Waals surface area contributed by atoms with Crippen molar-refractivity contribution in [2.75, 3.05) is 12.8 Å². The maximum absolute atomic E-state index is 13.8. The van der Waals surface area contributed by atoms with Gasteiger partial charge >= 0.3 is 0 Å². The summed E-state index contributed by atoms with van der Waals surface area (Å²) in [6, 6.07) is 11.0. The Labute approximate surface area is 124 Å². The zero-order chi connectivity index (χ0) is 15.6. The SMILES string of the molecule is Cc1ccc(CN(C)S(=O)(=O)c2cc(N)ccc2F)cc1. The molecule has 0 fully saturated rings. The van der Waals surface area contributed by atoms with Gasteiger partial charge in [0.2, 0.25) is 10.0 Å². The fourth-order valence-corrected chi connectivity index (χ4v) is 3.18. The molecule has 0 aliphatic carbocycles. The summed E-state index contributed by atoms with van der Waals surface area (Å²) in [6.07, 6.45) is 0. The second kappa shape index (κ2) is 5.83. The number of hydrogen-bond acceptors (Lipinski definition) is 3. The molecule has 0 amide bonds. The molecule has 6 heteroatoms. The van der Waals surface area contributed by atoms with E-state index in [0.29, 0.717) is 0 Å². The normalized spacial score (nSPS) is 11.8. The van der Waals surface area contributed by atoms with Gasteiger partial charge in [-0.05, 0) is 30.7 Å². The monoisotopic (exact) mass is 308 g/mol. The van der Waals surface area contributed by atoms with Gasteiger partial charge < -0.3 is 5.73 Å². The van der Waals surface area contributed by atoms with Crippen molar-refractivity contribution < 1.29 is 12.8 Å². The van der Waals surface area contributed by atoms with Gasteiger partial charge in [0.15, 0.2) is 0 Å². The Kier molecular flexibility index (Phi) is 4.29. The predicted octanol–water partition coefficient (Wildman–Crippen LogP) is 2.54. The second-order valence-corrected chi connectivity index (χ2v) is 6.95. The molecule has 4 nitrogen and oxygen atoms in total. The quantitative estimate of drug-likeness (QED) is 0.883. The van der Waals surface area contributed by atoms with Crippen LogP contribution in [-0.2, 0) is 16.6 Å². The van der Waals surface area contributed by atoms with Crippen LogP contribution in [0.4, 0.5) is 10.1 Å². The van der Waals surface area contributed by atoms with Crippen molar-refractivity contribution in [1.82, 2.24) is 4.31 Å². The van der Waals surface area contributed by atoms with E-state index in [4.69, 9.17) is 5.73 Å². The van der Waals surface area contributed by atoms with Crippen LogP contribution in [0.1, 0.15) is 11.1 Å². The minimum absolute atomic E-state index is 0.164. The van der Waals surface area contributed by atoms with Gasteiger partial charge in [-0.25, -0.2) is 12.8 Å². The molecule has 2 N–H and O–H groups in total. The highest BCUT2D eigenvalue weighted by atomic mass is 32.2. The highest BCUT2D eigenvalue weighted by Gasteiger charge is 2.24. The molecule has 0 aromatic heterocycles. The van der Waals surface area contributed by atoms with Crippen molar-refractivity contribution in [3.8, 4) is 0 Å². The van der Waals surface area contributed by atoms with E-state index in [-0.39, 0.29) is 12.2 Å². The van der Waals surface area contributed by atoms with E-state index in [9.17, 15) is 12.8 Å². The van der Waals surface area contributed by atoms with Crippen molar-refractivity contribution in [3.63, 3.8) is 0 Å². The number of halogens is 1. The summed E-state index contributed by atoms with van der Waals surface area (Å²) < 4.78 is 39.7. The average Bonchev–Trinajstić information content (AvgIpc) is 2.43. The Morgan fingerprint density at radius 1 is 1.14 bits per heavy atom. The van der Waals surface area contributed by atoms with Crippen molar-refractivity contribution in [3.05, 3.63) is 59.4 Å². The molecule has 0 aliphatic rings. The summed E-state index contributed by atoms with van der Waals surface area (Å²) in [4.78, 5) is -0.405. The number of sulfonamides is 1. The van der Waals surface area contributed by atoms with Crippen molar-refractivity contribution in [2.24, 2.45) is 0 Å². The fourth-order valence-electron chi connectivity index (χ4n) is 1.92. The molecule has 0 saturated carbocycles. The minimum Gasteiger partial charge on any atom is -0.399 e. The molecular weight excluding hydrogens is 291 g/mol.